The SMILES string of the molecule is Cc1ccnc2c(C(=O)O)cc(F)cc12. The van der Waals surface area contributed by atoms with Crippen molar-refractivity contribution in [3.8, 4) is 0 Å². The van der Waals surface area contributed by atoms with E-state index in [0.717, 1.165) is 11.6 Å². The third-order valence-corrected chi connectivity index (χ3v) is 2.26. The number of halogens is 1. The number of hydrogen-bond acceptors (Lipinski definition) is 2. The van der Waals surface area contributed by atoms with Crippen LogP contribution in [0.4, 0.5) is 4.39 Å². The zero-order valence-corrected chi connectivity index (χ0v) is 7.99. The third kappa shape index (κ3) is 1.54. The van der Waals surface area contributed by atoms with E-state index < -0.39 is 11.8 Å². The Hall–Kier alpha value is -1.97. The van der Waals surface area contributed by atoms with Crippen molar-refractivity contribution in [3.05, 3.63) is 41.3 Å². The van der Waals surface area contributed by atoms with Gasteiger partial charge in [0, 0.05) is 11.6 Å². The molecule has 0 spiro atoms. The second-order valence-electron chi connectivity index (χ2n) is 3.28. The van der Waals surface area contributed by atoms with Crippen molar-refractivity contribution < 1.29 is 14.3 Å². The van der Waals surface area contributed by atoms with E-state index in [4.69, 9.17) is 5.11 Å². The van der Waals surface area contributed by atoms with Crippen molar-refractivity contribution in [2.24, 2.45) is 0 Å². The fourth-order valence-electron chi connectivity index (χ4n) is 1.52. The summed E-state index contributed by atoms with van der Waals surface area (Å²) in [4.78, 5) is 14.8. The summed E-state index contributed by atoms with van der Waals surface area (Å²) >= 11 is 0. The first-order valence-corrected chi connectivity index (χ1v) is 4.38. The van der Waals surface area contributed by atoms with Crippen LogP contribution in [-0.4, -0.2) is 16.1 Å². The second kappa shape index (κ2) is 3.31. The minimum atomic E-state index is -1.17. The van der Waals surface area contributed by atoms with Crippen molar-refractivity contribution in [2.75, 3.05) is 0 Å². The van der Waals surface area contributed by atoms with E-state index in [-0.39, 0.29) is 5.56 Å². The summed E-state index contributed by atoms with van der Waals surface area (Å²) in [5, 5.41) is 9.43. The van der Waals surface area contributed by atoms with Gasteiger partial charge in [0.15, 0.2) is 0 Å². The van der Waals surface area contributed by atoms with Gasteiger partial charge >= 0.3 is 5.97 Å². The second-order valence-corrected chi connectivity index (χ2v) is 3.28. The molecule has 4 heteroatoms. The topological polar surface area (TPSA) is 50.2 Å². The molecule has 3 nitrogen and oxygen atoms in total. The maximum atomic E-state index is 13.1. The number of aromatic nitrogens is 1. The number of benzene rings is 1. The van der Waals surface area contributed by atoms with Crippen LogP contribution in [0.2, 0.25) is 0 Å². The zero-order valence-electron chi connectivity index (χ0n) is 7.99. The first-order valence-electron chi connectivity index (χ1n) is 4.38. The molecule has 0 atom stereocenters. The number of nitrogens with zero attached hydrogens (tertiary/aromatic N) is 1. The van der Waals surface area contributed by atoms with Crippen LogP contribution in [0.25, 0.3) is 10.9 Å². The molecule has 0 saturated carbocycles. The predicted octanol–water partition coefficient (Wildman–Crippen LogP) is 2.38. The monoisotopic (exact) mass is 205 g/mol. The number of carboxylic acid groups (broad SMARTS) is 1. The summed E-state index contributed by atoms with van der Waals surface area (Å²) in [6.07, 6.45) is 1.52. The number of hydrogen-bond donors (Lipinski definition) is 1. The van der Waals surface area contributed by atoms with Gasteiger partial charge in [0.2, 0.25) is 0 Å². The van der Waals surface area contributed by atoms with Crippen LogP contribution in [0, 0.1) is 12.7 Å². The first-order chi connectivity index (χ1) is 7.09. The molecule has 1 heterocycles. The Labute approximate surface area is 85.2 Å². The van der Waals surface area contributed by atoms with E-state index in [9.17, 15) is 9.18 Å². The molecule has 0 aliphatic rings. The summed E-state index contributed by atoms with van der Waals surface area (Å²) < 4.78 is 13.1. The minimum absolute atomic E-state index is 0.103. The van der Waals surface area contributed by atoms with Crippen LogP contribution < -0.4 is 0 Å². The van der Waals surface area contributed by atoms with Gasteiger partial charge in [-0.3, -0.25) is 4.98 Å². The smallest absolute Gasteiger partial charge is 0.338 e. The lowest BCUT2D eigenvalue weighted by Crippen LogP contribution is -2.00. The van der Waals surface area contributed by atoms with Crippen molar-refractivity contribution in [1.82, 2.24) is 4.98 Å². The molecule has 0 amide bonds. The highest BCUT2D eigenvalue weighted by molar-refractivity contribution is 6.02. The van der Waals surface area contributed by atoms with Crippen molar-refractivity contribution in [3.63, 3.8) is 0 Å². The predicted molar refractivity (Wildman–Crippen MR) is 53.4 cm³/mol. The highest BCUT2D eigenvalue weighted by atomic mass is 19.1. The van der Waals surface area contributed by atoms with Crippen LogP contribution in [0.3, 0.4) is 0 Å². The maximum absolute atomic E-state index is 13.1. The molecule has 0 aliphatic heterocycles. The van der Waals surface area contributed by atoms with Crippen molar-refractivity contribution in [1.29, 1.82) is 0 Å². The fourth-order valence-corrected chi connectivity index (χ4v) is 1.52. The zero-order chi connectivity index (χ0) is 11.0. The van der Waals surface area contributed by atoms with Crippen LogP contribution >= 0.6 is 0 Å². The van der Waals surface area contributed by atoms with Crippen LogP contribution in [0.1, 0.15) is 15.9 Å². The Kier molecular flexibility index (Phi) is 2.11. The summed E-state index contributed by atoms with van der Waals surface area (Å²) in [5.41, 5.74) is 1.03. The molecule has 76 valence electrons. The lowest BCUT2D eigenvalue weighted by atomic mass is 10.1. The van der Waals surface area contributed by atoms with Gasteiger partial charge in [-0.05, 0) is 30.7 Å². The Morgan fingerprint density at radius 3 is 2.87 bits per heavy atom. The molecule has 2 rings (SSSR count). The number of fused-ring (bicyclic) bond motifs is 1. The Bertz CT molecular complexity index is 552. The molecule has 2 aromatic rings. The average molecular weight is 205 g/mol. The lowest BCUT2D eigenvalue weighted by molar-refractivity contribution is 0.0698. The number of aryl methyl sites for hydroxylation is 1. The number of aromatic carboxylic acids is 1. The molecule has 1 aromatic heterocycles. The number of carboxylic acids is 1. The van der Waals surface area contributed by atoms with Gasteiger partial charge in [-0.25, -0.2) is 9.18 Å². The van der Waals surface area contributed by atoms with E-state index in [1.165, 1.54) is 12.3 Å². The van der Waals surface area contributed by atoms with E-state index >= 15 is 0 Å². The first kappa shape index (κ1) is 9.58. The number of carbonyl (C=O) groups is 1. The summed E-state index contributed by atoms with van der Waals surface area (Å²) in [6, 6.07) is 3.99. The van der Waals surface area contributed by atoms with Gasteiger partial charge in [0.1, 0.15) is 5.82 Å². The molecule has 1 N–H and O–H groups in total. The lowest BCUT2D eigenvalue weighted by Gasteiger charge is -2.04. The van der Waals surface area contributed by atoms with E-state index in [0.29, 0.717) is 10.9 Å². The maximum Gasteiger partial charge on any atom is 0.338 e. The van der Waals surface area contributed by atoms with Gasteiger partial charge in [-0.15, -0.1) is 0 Å². The van der Waals surface area contributed by atoms with E-state index in [1.807, 2.05) is 0 Å². The fraction of sp³-hybridized carbons (Fsp3) is 0.0909. The Morgan fingerprint density at radius 2 is 2.20 bits per heavy atom. The highest BCUT2D eigenvalue weighted by Crippen LogP contribution is 2.21. The van der Waals surface area contributed by atoms with Gasteiger partial charge in [-0.1, -0.05) is 0 Å². The summed E-state index contributed by atoms with van der Waals surface area (Å²) in [7, 11) is 0. The standard InChI is InChI=1S/C11H8FNO2/c1-6-2-3-13-10-8(6)4-7(12)5-9(10)11(14)15/h2-5H,1H3,(H,14,15). The van der Waals surface area contributed by atoms with Gasteiger partial charge < -0.3 is 5.11 Å². The molecular formula is C11H8FNO2. The van der Waals surface area contributed by atoms with Crippen LogP contribution in [0.15, 0.2) is 24.4 Å². The molecule has 1 aromatic carbocycles. The molecule has 0 unspecified atom stereocenters. The minimum Gasteiger partial charge on any atom is -0.478 e. The van der Waals surface area contributed by atoms with Gasteiger partial charge in [0.05, 0.1) is 11.1 Å². The van der Waals surface area contributed by atoms with Crippen LogP contribution in [0.5, 0.6) is 0 Å². The van der Waals surface area contributed by atoms with Gasteiger partial charge in [0.25, 0.3) is 0 Å². The van der Waals surface area contributed by atoms with E-state index in [1.54, 1.807) is 13.0 Å². The molecular weight excluding hydrogens is 197 g/mol. The van der Waals surface area contributed by atoms with Crippen molar-refractivity contribution >= 4 is 16.9 Å². The largest absolute Gasteiger partial charge is 0.478 e. The number of rotatable bonds is 1. The molecule has 0 saturated heterocycles. The van der Waals surface area contributed by atoms with Gasteiger partial charge in [-0.2, -0.15) is 0 Å². The van der Waals surface area contributed by atoms with Crippen LogP contribution in [-0.2, 0) is 0 Å². The Balaban J connectivity index is 2.92. The molecule has 0 radical (unpaired) electrons. The molecule has 15 heavy (non-hydrogen) atoms. The number of pyridine rings is 1. The summed E-state index contributed by atoms with van der Waals surface area (Å²) in [5.74, 6) is -1.73. The third-order valence-electron chi connectivity index (χ3n) is 2.26. The summed E-state index contributed by atoms with van der Waals surface area (Å²) in [6.45, 7) is 1.79. The highest BCUT2D eigenvalue weighted by Gasteiger charge is 2.12. The molecule has 0 fully saturated rings. The average Bonchev–Trinajstić information content (AvgIpc) is 2.18. The van der Waals surface area contributed by atoms with Crippen molar-refractivity contribution in [2.45, 2.75) is 6.92 Å². The Morgan fingerprint density at radius 1 is 1.47 bits per heavy atom. The van der Waals surface area contributed by atoms with E-state index in [2.05, 4.69) is 4.98 Å². The normalized spacial score (nSPS) is 10.5. The molecule has 0 aliphatic carbocycles. The quantitative estimate of drug-likeness (QED) is 0.777. The molecule has 0 bridgehead atoms.